The minimum absolute atomic E-state index is 0.0400. The predicted octanol–water partition coefficient (Wildman–Crippen LogP) is 5.97. The van der Waals surface area contributed by atoms with Gasteiger partial charge in [-0.25, -0.2) is 0 Å². The lowest BCUT2D eigenvalue weighted by Gasteiger charge is -2.21. The first-order valence-electron chi connectivity index (χ1n) is 9.44. The number of aliphatic carboxylic acids is 1. The van der Waals surface area contributed by atoms with E-state index in [9.17, 15) is 4.79 Å². The number of carboxylic acids is 1. The number of thioether (sulfide) groups is 1. The van der Waals surface area contributed by atoms with Gasteiger partial charge < -0.3 is 14.6 Å². The smallest absolute Gasteiger partial charge is 0.303 e. The van der Waals surface area contributed by atoms with E-state index in [1.165, 1.54) is 0 Å². The topological polar surface area (TPSA) is 55.8 Å². The van der Waals surface area contributed by atoms with Crippen molar-refractivity contribution in [1.82, 2.24) is 0 Å². The number of benzene rings is 3. The van der Waals surface area contributed by atoms with Crippen molar-refractivity contribution in [2.24, 2.45) is 0 Å². The Bertz CT molecular complexity index is 913. The lowest BCUT2D eigenvalue weighted by molar-refractivity contribution is -0.137. The minimum atomic E-state index is -0.834. The van der Waals surface area contributed by atoms with Crippen LogP contribution in [0.25, 0.3) is 0 Å². The van der Waals surface area contributed by atoms with Crippen molar-refractivity contribution in [3.05, 3.63) is 90.0 Å². The highest BCUT2D eigenvalue weighted by atomic mass is 32.2. The third-order valence-corrected chi connectivity index (χ3v) is 5.22. The quantitative estimate of drug-likeness (QED) is 0.419. The van der Waals surface area contributed by atoms with Gasteiger partial charge in [-0.1, -0.05) is 60.7 Å². The third kappa shape index (κ3) is 6.29. The van der Waals surface area contributed by atoms with Crippen molar-refractivity contribution < 1.29 is 19.4 Å². The Labute approximate surface area is 175 Å². The van der Waals surface area contributed by atoms with E-state index in [1.54, 1.807) is 11.8 Å². The molecule has 0 amide bonds. The summed E-state index contributed by atoms with van der Waals surface area (Å²) in [7, 11) is 0. The van der Waals surface area contributed by atoms with Crippen LogP contribution in [-0.4, -0.2) is 17.3 Å². The van der Waals surface area contributed by atoms with Gasteiger partial charge in [0, 0.05) is 17.4 Å². The standard InChI is InChI=1S/C24H24O4S/c1-29-23-14-12-20(27-17-18-8-4-2-5-9-18)16-22(23)28-21(13-15-24(25)26)19-10-6-3-7-11-19/h2-12,14,16,21H,13,15,17H2,1H3,(H,25,26). The summed E-state index contributed by atoms with van der Waals surface area (Å²) in [4.78, 5) is 12.1. The van der Waals surface area contributed by atoms with Crippen LogP contribution < -0.4 is 9.47 Å². The fourth-order valence-electron chi connectivity index (χ4n) is 2.95. The van der Waals surface area contributed by atoms with Gasteiger partial charge in [0.05, 0.1) is 0 Å². The van der Waals surface area contributed by atoms with Gasteiger partial charge in [0.2, 0.25) is 0 Å². The summed E-state index contributed by atoms with van der Waals surface area (Å²) in [6.07, 6.45) is 2.07. The average Bonchev–Trinajstić information content (AvgIpc) is 2.76. The van der Waals surface area contributed by atoms with Crippen LogP contribution in [-0.2, 0) is 11.4 Å². The summed E-state index contributed by atoms with van der Waals surface area (Å²) in [5.41, 5.74) is 2.05. The van der Waals surface area contributed by atoms with Crippen LogP contribution in [0.3, 0.4) is 0 Å². The van der Waals surface area contributed by atoms with Crippen molar-refractivity contribution >= 4 is 17.7 Å². The van der Waals surface area contributed by atoms with Crippen LogP contribution in [0.4, 0.5) is 0 Å². The molecule has 3 aromatic carbocycles. The largest absolute Gasteiger partial charge is 0.489 e. The Morgan fingerprint density at radius 2 is 1.69 bits per heavy atom. The van der Waals surface area contributed by atoms with E-state index in [4.69, 9.17) is 14.6 Å². The highest BCUT2D eigenvalue weighted by Crippen LogP contribution is 2.36. The molecule has 150 valence electrons. The first-order valence-corrected chi connectivity index (χ1v) is 10.7. The van der Waals surface area contributed by atoms with Crippen LogP contribution in [0.2, 0.25) is 0 Å². The summed E-state index contributed by atoms with van der Waals surface area (Å²) in [6, 6.07) is 25.5. The van der Waals surface area contributed by atoms with Gasteiger partial charge in [0.1, 0.15) is 24.2 Å². The maximum absolute atomic E-state index is 11.1. The number of rotatable bonds is 10. The molecule has 0 aliphatic heterocycles. The van der Waals surface area contributed by atoms with Crippen LogP contribution >= 0.6 is 11.8 Å². The van der Waals surface area contributed by atoms with Crippen molar-refractivity contribution in [3.8, 4) is 11.5 Å². The van der Waals surface area contributed by atoms with Crippen molar-refractivity contribution in [3.63, 3.8) is 0 Å². The maximum Gasteiger partial charge on any atom is 0.303 e. The zero-order valence-electron chi connectivity index (χ0n) is 16.3. The summed E-state index contributed by atoms with van der Waals surface area (Å²) < 4.78 is 12.2. The molecule has 3 aromatic rings. The minimum Gasteiger partial charge on any atom is -0.489 e. The first-order chi connectivity index (χ1) is 14.2. The van der Waals surface area contributed by atoms with E-state index >= 15 is 0 Å². The number of hydrogen-bond donors (Lipinski definition) is 1. The molecule has 0 bridgehead atoms. The zero-order chi connectivity index (χ0) is 20.5. The SMILES string of the molecule is CSc1ccc(OCc2ccccc2)cc1OC(CCC(=O)O)c1ccccc1. The molecule has 0 fully saturated rings. The third-order valence-electron chi connectivity index (χ3n) is 4.44. The number of hydrogen-bond acceptors (Lipinski definition) is 4. The molecule has 0 saturated carbocycles. The summed E-state index contributed by atoms with van der Waals surface area (Å²) in [5, 5.41) is 9.12. The van der Waals surface area contributed by atoms with Crippen molar-refractivity contribution in [2.45, 2.75) is 30.4 Å². The Morgan fingerprint density at radius 1 is 1.00 bits per heavy atom. The van der Waals surface area contributed by atoms with E-state index in [0.717, 1.165) is 16.0 Å². The van der Waals surface area contributed by atoms with Gasteiger partial charge in [-0.2, -0.15) is 0 Å². The maximum atomic E-state index is 11.1. The van der Waals surface area contributed by atoms with Crippen LogP contribution in [0.5, 0.6) is 11.5 Å². The summed E-state index contributed by atoms with van der Waals surface area (Å²) in [5.74, 6) is 0.577. The molecule has 29 heavy (non-hydrogen) atoms. The fourth-order valence-corrected chi connectivity index (χ4v) is 3.46. The molecule has 1 N–H and O–H groups in total. The van der Waals surface area contributed by atoms with Gasteiger partial charge in [-0.05, 0) is 35.9 Å². The Balaban J connectivity index is 1.79. The van der Waals surface area contributed by atoms with Crippen LogP contribution in [0.15, 0.2) is 83.8 Å². The van der Waals surface area contributed by atoms with Crippen LogP contribution in [0, 0.1) is 0 Å². The molecular formula is C24H24O4S. The zero-order valence-corrected chi connectivity index (χ0v) is 17.1. The highest BCUT2D eigenvalue weighted by molar-refractivity contribution is 7.98. The Kier molecular flexibility index (Phi) is 7.59. The van der Waals surface area contributed by atoms with Crippen molar-refractivity contribution in [1.29, 1.82) is 0 Å². The second-order valence-corrected chi connectivity index (χ2v) is 7.38. The predicted molar refractivity (Wildman–Crippen MR) is 116 cm³/mol. The lowest BCUT2D eigenvalue weighted by atomic mass is 10.0. The van der Waals surface area contributed by atoms with E-state index < -0.39 is 5.97 Å². The Hall–Kier alpha value is -2.92. The highest BCUT2D eigenvalue weighted by Gasteiger charge is 2.17. The second kappa shape index (κ2) is 10.6. The molecule has 0 spiro atoms. The molecule has 1 unspecified atom stereocenters. The number of carboxylic acid groups (broad SMARTS) is 1. The molecule has 0 radical (unpaired) electrons. The molecule has 5 heteroatoms. The van der Waals surface area contributed by atoms with Gasteiger partial charge in [0.15, 0.2) is 0 Å². The van der Waals surface area contributed by atoms with Gasteiger partial charge >= 0.3 is 5.97 Å². The molecule has 1 atom stereocenters. The van der Waals surface area contributed by atoms with E-state index in [2.05, 4.69) is 0 Å². The van der Waals surface area contributed by atoms with Gasteiger partial charge in [-0.3, -0.25) is 4.79 Å². The van der Waals surface area contributed by atoms with Gasteiger partial charge in [-0.15, -0.1) is 11.8 Å². The van der Waals surface area contributed by atoms with Crippen molar-refractivity contribution in [2.75, 3.05) is 6.26 Å². The average molecular weight is 409 g/mol. The molecule has 3 rings (SSSR count). The molecule has 0 aliphatic carbocycles. The monoisotopic (exact) mass is 408 g/mol. The molecule has 0 heterocycles. The van der Waals surface area contributed by atoms with Gasteiger partial charge in [0.25, 0.3) is 0 Å². The van der Waals surface area contributed by atoms with E-state index in [-0.39, 0.29) is 12.5 Å². The fraction of sp³-hybridized carbons (Fsp3) is 0.208. The normalized spacial score (nSPS) is 11.6. The number of ether oxygens (including phenoxy) is 2. The summed E-state index contributed by atoms with van der Waals surface area (Å²) in [6.45, 7) is 0.472. The summed E-state index contributed by atoms with van der Waals surface area (Å²) >= 11 is 1.58. The lowest BCUT2D eigenvalue weighted by Crippen LogP contribution is -2.11. The van der Waals surface area contributed by atoms with E-state index in [0.29, 0.717) is 24.5 Å². The second-order valence-electron chi connectivity index (χ2n) is 6.54. The molecule has 0 saturated heterocycles. The van der Waals surface area contributed by atoms with Crippen LogP contribution in [0.1, 0.15) is 30.1 Å². The molecule has 4 nitrogen and oxygen atoms in total. The van der Waals surface area contributed by atoms with E-state index in [1.807, 2.05) is 85.1 Å². The molecule has 0 aliphatic rings. The molecular weight excluding hydrogens is 384 g/mol. The molecule has 0 aromatic heterocycles. The first kappa shape index (κ1) is 20.8. The number of carbonyl (C=O) groups is 1. The Morgan fingerprint density at radius 3 is 2.34 bits per heavy atom.